The van der Waals surface area contributed by atoms with E-state index in [-0.39, 0.29) is 16.8 Å². The Kier molecular flexibility index (Phi) is 6.18. The third-order valence-corrected chi connectivity index (χ3v) is 5.79. The molecule has 1 rings (SSSR count). The summed E-state index contributed by atoms with van der Waals surface area (Å²) < 4.78 is 27.7. The predicted octanol–water partition coefficient (Wildman–Crippen LogP) is 3.97. The van der Waals surface area contributed by atoms with Crippen LogP contribution in [0.15, 0.2) is 6.20 Å². The predicted molar refractivity (Wildman–Crippen MR) is 93.4 cm³/mol. The Bertz CT molecular complexity index is 633. The van der Waals surface area contributed by atoms with Gasteiger partial charge in [0.2, 0.25) is 0 Å². The van der Waals surface area contributed by atoms with Crippen LogP contribution in [0.2, 0.25) is 0 Å². The van der Waals surface area contributed by atoms with Crippen LogP contribution in [0.5, 0.6) is 6.01 Å². The topological polar surface area (TPSA) is 69.2 Å². The zero-order valence-electron chi connectivity index (χ0n) is 15.4. The summed E-state index contributed by atoms with van der Waals surface area (Å²) in [5, 5.41) is 0. The van der Waals surface area contributed by atoms with Crippen LogP contribution in [-0.4, -0.2) is 24.6 Å². The molecule has 1 heterocycles. The van der Waals surface area contributed by atoms with Crippen molar-refractivity contribution in [3.8, 4) is 6.01 Å². The number of aromatic nitrogens is 2. The molecule has 0 saturated carbocycles. The lowest BCUT2D eigenvalue weighted by Crippen LogP contribution is -2.31. The molecule has 0 aliphatic carbocycles. The van der Waals surface area contributed by atoms with E-state index in [9.17, 15) is 8.42 Å². The maximum Gasteiger partial charge on any atom is 0.333 e. The van der Waals surface area contributed by atoms with Crippen molar-refractivity contribution >= 4 is 10.1 Å². The molecule has 23 heavy (non-hydrogen) atoms. The molecule has 0 aliphatic rings. The van der Waals surface area contributed by atoms with Gasteiger partial charge in [-0.1, -0.05) is 41.5 Å². The Morgan fingerprint density at radius 2 is 1.48 bits per heavy atom. The minimum Gasteiger partial charge on any atom is -0.343 e. The molecule has 0 atom stereocenters. The van der Waals surface area contributed by atoms with E-state index in [4.69, 9.17) is 4.18 Å². The van der Waals surface area contributed by atoms with E-state index in [0.717, 1.165) is 43.2 Å². The summed E-state index contributed by atoms with van der Waals surface area (Å²) in [6, 6.07) is -0.0890. The molecule has 0 saturated heterocycles. The Labute approximate surface area is 141 Å². The average Bonchev–Trinajstić information content (AvgIpc) is 2.51. The van der Waals surface area contributed by atoms with Gasteiger partial charge in [-0.15, -0.1) is 0 Å². The smallest absolute Gasteiger partial charge is 0.333 e. The molecule has 0 radical (unpaired) electrons. The number of rotatable bonds is 8. The molecule has 0 amide bonds. The highest BCUT2D eigenvalue weighted by Crippen LogP contribution is 2.40. The van der Waals surface area contributed by atoms with Crippen LogP contribution < -0.4 is 4.18 Å². The lowest BCUT2D eigenvalue weighted by Gasteiger charge is -2.35. The SMILES string of the molecule is CCC(C)(CC)c1cnc(OS(C)(=O)=O)nc1C(C)(CC)CC. The lowest BCUT2D eigenvalue weighted by atomic mass is 9.71. The van der Waals surface area contributed by atoms with Gasteiger partial charge in [0.05, 0.1) is 11.9 Å². The summed E-state index contributed by atoms with van der Waals surface area (Å²) >= 11 is 0. The van der Waals surface area contributed by atoms with Crippen LogP contribution in [0, 0.1) is 0 Å². The van der Waals surface area contributed by atoms with Gasteiger partial charge in [-0.25, -0.2) is 4.98 Å². The van der Waals surface area contributed by atoms with Gasteiger partial charge in [-0.2, -0.15) is 13.4 Å². The summed E-state index contributed by atoms with van der Waals surface area (Å²) in [6.07, 6.45) is 6.51. The molecule has 0 aliphatic heterocycles. The monoisotopic (exact) mass is 342 g/mol. The molecule has 0 fully saturated rings. The van der Waals surface area contributed by atoms with Crippen molar-refractivity contribution in [2.24, 2.45) is 0 Å². The highest BCUT2D eigenvalue weighted by atomic mass is 32.2. The standard InChI is InChI=1S/C17H30N2O3S/c1-8-16(5,9-2)13-12-18-15(22-23(7,20)21)19-14(13)17(6,10-3)11-4/h12H,8-11H2,1-7H3. The molecular formula is C17H30N2O3S. The third-order valence-electron chi connectivity index (χ3n) is 5.34. The van der Waals surface area contributed by atoms with Gasteiger partial charge >= 0.3 is 16.1 Å². The van der Waals surface area contributed by atoms with Gasteiger partial charge in [0, 0.05) is 11.6 Å². The second-order valence-corrected chi connectivity index (χ2v) is 8.31. The summed E-state index contributed by atoms with van der Waals surface area (Å²) in [5.74, 6) is 0. The molecule has 0 N–H and O–H groups in total. The highest BCUT2D eigenvalue weighted by molar-refractivity contribution is 7.86. The van der Waals surface area contributed by atoms with Gasteiger partial charge in [-0.05, 0) is 36.7 Å². The molecule has 5 nitrogen and oxygen atoms in total. The van der Waals surface area contributed by atoms with E-state index >= 15 is 0 Å². The molecule has 0 aromatic carbocycles. The van der Waals surface area contributed by atoms with Crippen LogP contribution in [0.25, 0.3) is 0 Å². The van der Waals surface area contributed by atoms with Gasteiger partial charge in [0.15, 0.2) is 0 Å². The Balaban J connectivity index is 3.59. The van der Waals surface area contributed by atoms with Crippen molar-refractivity contribution in [3.05, 3.63) is 17.5 Å². The molecule has 0 unspecified atom stereocenters. The number of hydrogen-bond donors (Lipinski definition) is 0. The second-order valence-electron chi connectivity index (χ2n) is 6.74. The summed E-state index contributed by atoms with van der Waals surface area (Å²) in [7, 11) is -3.64. The minimum atomic E-state index is -3.64. The van der Waals surface area contributed by atoms with Crippen molar-refractivity contribution in [1.82, 2.24) is 9.97 Å². The molecule has 132 valence electrons. The van der Waals surface area contributed by atoms with Crippen molar-refractivity contribution < 1.29 is 12.6 Å². The first-order valence-electron chi connectivity index (χ1n) is 8.32. The van der Waals surface area contributed by atoms with Crippen LogP contribution >= 0.6 is 0 Å². The average molecular weight is 343 g/mol. The maximum atomic E-state index is 11.4. The molecule has 0 spiro atoms. The molecular weight excluding hydrogens is 312 g/mol. The second kappa shape index (κ2) is 7.16. The van der Waals surface area contributed by atoms with Crippen molar-refractivity contribution in [3.63, 3.8) is 0 Å². The van der Waals surface area contributed by atoms with Gasteiger partial charge in [0.25, 0.3) is 0 Å². The van der Waals surface area contributed by atoms with Crippen LogP contribution in [0.1, 0.15) is 78.5 Å². The quantitative estimate of drug-likeness (QED) is 0.669. The van der Waals surface area contributed by atoms with Crippen LogP contribution in [0.3, 0.4) is 0 Å². The van der Waals surface area contributed by atoms with Gasteiger partial charge in [0.1, 0.15) is 0 Å². The number of hydrogen-bond acceptors (Lipinski definition) is 5. The van der Waals surface area contributed by atoms with Crippen molar-refractivity contribution in [1.29, 1.82) is 0 Å². The fourth-order valence-electron chi connectivity index (χ4n) is 2.66. The van der Waals surface area contributed by atoms with E-state index in [0.29, 0.717) is 0 Å². The van der Waals surface area contributed by atoms with E-state index in [1.54, 1.807) is 6.20 Å². The van der Waals surface area contributed by atoms with Crippen LogP contribution in [0.4, 0.5) is 0 Å². The Morgan fingerprint density at radius 1 is 1.00 bits per heavy atom. The van der Waals surface area contributed by atoms with Gasteiger partial charge < -0.3 is 4.18 Å². The van der Waals surface area contributed by atoms with E-state index in [1.807, 2.05) is 0 Å². The molecule has 1 aromatic heterocycles. The lowest BCUT2D eigenvalue weighted by molar-refractivity contribution is 0.373. The zero-order chi connectivity index (χ0) is 17.9. The summed E-state index contributed by atoms with van der Waals surface area (Å²) in [6.45, 7) is 12.9. The first-order valence-corrected chi connectivity index (χ1v) is 10.1. The molecule has 1 aromatic rings. The van der Waals surface area contributed by atoms with E-state index in [1.165, 1.54) is 0 Å². The molecule has 6 heteroatoms. The minimum absolute atomic E-state index is 0.0371. The van der Waals surface area contributed by atoms with Crippen LogP contribution in [-0.2, 0) is 20.9 Å². The normalized spacial score (nSPS) is 13.2. The fourth-order valence-corrected chi connectivity index (χ4v) is 3.01. The largest absolute Gasteiger partial charge is 0.343 e. The highest BCUT2D eigenvalue weighted by Gasteiger charge is 2.35. The third kappa shape index (κ3) is 4.43. The molecule has 0 bridgehead atoms. The van der Waals surface area contributed by atoms with Crippen molar-refractivity contribution in [2.75, 3.05) is 6.26 Å². The fraction of sp³-hybridized carbons (Fsp3) is 0.765. The van der Waals surface area contributed by atoms with Gasteiger partial charge in [-0.3, -0.25) is 0 Å². The number of nitrogens with zero attached hydrogens (tertiary/aromatic N) is 2. The van der Waals surface area contributed by atoms with E-state index < -0.39 is 10.1 Å². The maximum absolute atomic E-state index is 11.4. The zero-order valence-corrected chi connectivity index (χ0v) is 16.2. The Hall–Kier alpha value is -1.17. The first-order chi connectivity index (χ1) is 10.5. The summed E-state index contributed by atoms with van der Waals surface area (Å²) in [5.41, 5.74) is 1.82. The summed E-state index contributed by atoms with van der Waals surface area (Å²) in [4.78, 5) is 8.68. The first kappa shape index (κ1) is 19.9. The Morgan fingerprint density at radius 3 is 1.87 bits per heavy atom. The van der Waals surface area contributed by atoms with E-state index in [2.05, 4.69) is 51.5 Å². The van der Waals surface area contributed by atoms with Crippen molar-refractivity contribution in [2.45, 2.75) is 78.1 Å².